The van der Waals surface area contributed by atoms with Crippen LogP contribution < -0.4 is 14.8 Å². The molecule has 1 unspecified atom stereocenters. The molecule has 0 fully saturated rings. The van der Waals surface area contributed by atoms with Gasteiger partial charge in [0.05, 0.1) is 0 Å². The number of nitrogens with one attached hydrogen (secondary N) is 1. The first-order valence-electron chi connectivity index (χ1n) is 7.03. The van der Waals surface area contributed by atoms with E-state index in [1.54, 1.807) is 0 Å². The zero-order valence-electron chi connectivity index (χ0n) is 11.6. The molecule has 1 N–H and O–H groups in total. The maximum absolute atomic E-state index is 5.41. The standard InChI is InChI=1S/C17H19NO2/c1-2-15(14-6-4-3-5-7-14)18-11-13-8-9-16-17(10-13)20-12-19-16/h3-10,15,18H,2,11-12H2,1H3. The number of ether oxygens (including phenoxy) is 2. The first kappa shape index (κ1) is 13.0. The molecule has 0 aromatic heterocycles. The zero-order chi connectivity index (χ0) is 13.8. The maximum Gasteiger partial charge on any atom is 0.231 e. The first-order valence-corrected chi connectivity index (χ1v) is 7.03. The van der Waals surface area contributed by atoms with Gasteiger partial charge in [-0.15, -0.1) is 0 Å². The summed E-state index contributed by atoms with van der Waals surface area (Å²) < 4.78 is 10.7. The highest BCUT2D eigenvalue weighted by molar-refractivity contribution is 5.44. The third kappa shape index (κ3) is 2.78. The lowest BCUT2D eigenvalue weighted by atomic mass is 10.0. The Morgan fingerprint density at radius 1 is 1.05 bits per heavy atom. The largest absolute Gasteiger partial charge is 0.454 e. The van der Waals surface area contributed by atoms with Gasteiger partial charge in [-0.3, -0.25) is 0 Å². The van der Waals surface area contributed by atoms with Crippen molar-refractivity contribution in [3.05, 3.63) is 59.7 Å². The van der Waals surface area contributed by atoms with Crippen molar-refractivity contribution in [2.45, 2.75) is 25.9 Å². The van der Waals surface area contributed by atoms with Gasteiger partial charge < -0.3 is 14.8 Å². The Hall–Kier alpha value is -2.00. The second-order valence-electron chi connectivity index (χ2n) is 4.94. The van der Waals surface area contributed by atoms with E-state index in [2.05, 4.69) is 42.6 Å². The quantitative estimate of drug-likeness (QED) is 0.898. The van der Waals surface area contributed by atoms with Gasteiger partial charge in [0.25, 0.3) is 0 Å². The molecule has 0 bridgehead atoms. The normalized spacial score (nSPS) is 14.2. The van der Waals surface area contributed by atoms with Crippen molar-refractivity contribution in [3.63, 3.8) is 0 Å². The summed E-state index contributed by atoms with van der Waals surface area (Å²) in [5.41, 5.74) is 2.54. The van der Waals surface area contributed by atoms with E-state index in [0.29, 0.717) is 12.8 Å². The highest BCUT2D eigenvalue weighted by Gasteiger charge is 2.14. The monoisotopic (exact) mass is 269 g/mol. The van der Waals surface area contributed by atoms with E-state index in [1.165, 1.54) is 11.1 Å². The average Bonchev–Trinajstić information content (AvgIpc) is 2.96. The smallest absolute Gasteiger partial charge is 0.231 e. The molecule has 2 aromatic carbocycles. The van der Waals surface area contributed by atoms with Crippen LogP contribution in [0.15, 0.2) is 48.5 Å². The van der Waals surface area contributed by atoms with Crippen molar-refractivity contribution in [1.29, 1.82) is 0 Å². The lowest BCUT2D eigenvalue weighted by molar-refractivity contribution is 0.174. The molecular weight excluding hydrogens is 250 g/mol. The van der Waals surface area contributed by atoms with Gasteiger partial charge in [0, 0.05) is 12.6 Å². The molecule has 0 amide bonds. The Labute approximate surface area is 119 Å². The van der Waals surface area contributed by atoms with E-state index >= 15 is 0 Å². The van der Waals surface area contributed by atoms with Gasteiger partial charge in [-0.1, -0.05) is 43.3 Å². The van der Waals surface area contributed by atoms with Crippen molar-refractivity contribution in [2.75, 3.05) is 6.79 Å². The predicted octanol–water partition coefficient (Wildman–Crippen LogP) is 3.66. The second kappa shape index (κ2) is 5.97. The molecule has 0 saturated carbocycles. The molecule has 3 rings (SSSR count). The number of hydrogen-bond donors (Lipinski definition) is 1. The highest BCUT2D eigenvalue weighted by Crippen LogP contribution is 2.32. The summed E-state index contributed by atoms with van der Waals surface area (Å²) in [6.07, 6.45) is 1.06. The summed E-state index contributed by atoms with van der Waals surface area (Å²) in [5.74, 6) is 1.68. The van der Waals surface area contributed by atoms with E-state index in [0.717, 1.165) is 24.5 Å². The minimum absolute atomic E-state index is 0.327. The number of hydrogen-bond acceptors (Lipinski definition) is 3. The molecule has 2 aromatic rings. The lowest BCUT2D eigenvalue weighted by Crippen LogP contribution is -2.20. The van der Waals surface area contributed by atoms with E-state index in [9.17, 15) is 0 Å². The SMILES string of the molecule is CCC(NCc1ccc2c(c1)OCO2)c1ccccc1. The summed E-state index contributed by atoms with van der Waals surface area (Å²) in [6.45, 7) is 3.35. The minimum atomic E-state index is 0.327. The summed E-state index contributed by atoms with van der Waals surface area (Å²) >= 11 is 0. The third-order valence-corrected chi connectivity index (χ3v) is 3.60. The predicted molar refractivity (Wildman–Crippen MR) is 78.9 cm³/mol. The maximum atomic E-state index is 5.41. The van der Waals surface area contributed by atoms with E-state index in [-0.39, 0.29) is 0 Å². The van der Waals surface area contributed by atoms with Crippen LogP contribution in [0.3, 0.4) is 0 Å². The average molecular weight is 269 g/mol. The Balaban J connectivity index is 1.66. The molecule has 1 aliphatic heterocycles. The van der Waals surface area contributed by atoms with Crippen LogP contribution in [0.4, 0.5) is 0 Å². The Morgan fingerprint density at radius 2 is 1.85 bits per heavy atom. The van der Waals surface area contributed by atoms with Crippen LogP contribution in [0, 0.1) is 0 Å². The van der Waals surface area contributed by atoms with Gasteiger partial charge in [-0.25, -0.2) is 0 Å². The van der Waals surface area contributed by atoms with Gasteiger partial charge in [0.1, 0.15) is 0 Å². The molecule has 0 aliphatic carbocycles. The lowest BCUT2D eigenvalue weighted by Gasteiger charge is -2.17. The summed E-state index contributed by atoms with van der Waals surface area (Å²) in [5, 5.41) is 3.60. The molecule has 20 heavy (non-hydrogen) atoms. The van der Waals surface area contributed by atoms with Gasteiger partial charge in [0.2, 0.25) is 6.79 Å². The Bertz CT molecular complexity index is 568. The van der Waals surface area contributed by atoms with Gasteiger partial charge in [0.15, 0.2) is 11.5 Å². The molecule has 3 heteroatoms. The van der Waals surface area contributed by atoms with Crippen LogP contribution in [-0.4, -0.2) is 6.79 Å². The molecular formula is C17H19NO2. The summed E-state index contributed by atoms with van der Waals surface area (Å²) in [6, 6.07) is 17.0. The van der Waals surface area contributed by atoms with E-state index < -0.39 is 0 Å². The van der Waals surface area contributed by atoms with Crippen LogP contribution in [0.2, 0.25) is 0 Å². The fourth-order valence-electron chi connectivity index (χ4n) is 2.48. The van der Waals surface area contributed by atoms with Crippen molar-refractivity contribution in [3.8, 4) is 11.5 Å². The fourth-order valence-corrected chi connectivity index (χ4v) is 2.48. The first-order chi connectivity index (χ1) is 9.86. The van der Waals surface area contributed by atoms with E-state index in [4.69, 9.17) is 9.47 Å². The number of rotatable bonds is 5. The van der Waals surface area contributed by atoms with Crippen LogP contribution in [0.25, 0.3) is 0 Å². The molecule has 104 valence electrons. The second-order valence-corrected chi connectivity index (χ2v) is 4.94. The minimum Gasteiger partial charge on any atom is -0.454 e. The molecule has 1 atom stereocenters. The van der Waals surface area contributed by atoms with Crippen molar-refractivity contribution in [1.82, 2.24) is 5.32 Å². The van der Waals surface area contributed by atoms with Crippen LogP contribution >= 0.6 is 0 Å². The molecule has 0 saturated heterocycles. The van der Waals surface area contributed by atoms with E-state index in [1.807, 2.05) is 18.2 Å². The summed E-state index contributed by atoms with van der Waals surface area (Å²) in [4.78, 5) is 0. The Morgan fingerprint density at radius 3 is 2.65 bits per heavy atom. The molecule has 1 aliphatic rings. The molecule has 3 nitrogen and oxygen atoms in total. The highest BCUT2D eigenvalue weighted by atomic mass is 16.7. The topological polar surface area (TPSA) is 30.5 Å². The molecule has 0 radical (unpaired) electrons. The molecule has 0 spiro atoms. The van der Waals surface area contributed by atoms with Crippen molar-refractivity contribution >= 4 is 0 Å². The summed E-state index contributed by atoms with van der Waals surface area (Å²) in [7, 11) is 0. The van der Waals surface area contributed by atoms with Crippen LogP contribution in [-0.2, 0) is 6.54 Å². The van der Waals surface area contributed by atoms with Gasteiger partial charge in [-0.05, 0) is 29.7 Å². The van der Waals surface area contributed by atoms with Crippen LogP contribution in [0.1, 0.15) is 30.5 Å². The van der Waals surface area contributed by atoms with Crippen LogP contribution in [0.5, 0.6) is 11.5 Å². The Kier molecular flexibility index (Phi) is 3.88. The van der Waals surface area contributed by atoms with Gasteiger partial charge in [-0.2, -0.15) is 0 Å². The van der Waals surface area contributed by atoms with Crippen molar-refractivity contribution in [2.24, 2.45) is 0 Å². The van der Waals surface area contributed by atoms with Crippen molar-refractivity contribution < 1.29 is 9.47 Å². The fraction of sp³-hybridized carbons (Fsp3) is 0.294. The number of benzene rings is 2. The third-order valence-electron chi connectivity index (χ3n) is 3.60. The zero-order valence-corrected chi connectivity index (χ0v) is 11.6. The number of fused-ring (bicyclic) bond motifs is 1. The van der Waals surface area contributed by atoms with Gasteiger partial charge >= 0.3 is 0 Å². The molecule has 1 heterocycles.